The monoisotopic (exact) mass is 238 g/mol. The highest BCUT2D eigenvalue weighted by Gasteiger charge is 2.05. The van der Waals surface area contributed by atoms with Crippen LogP contribution in [0.2, 0.25) is 5.02 Å². The second-order valence-electron chi connectivity index (χ2n) is 3.57. The molecule has 84 valence electrons. The van der Waals surface area contributed by atoms with Crippen molar-refractivity contribution in [3.05, 3.63) is 58.6 Å². The molecular formula is C12H12ClFN2. The number of hydrogen-bond donors (Lipinski definition) is 1. The van der Waals surface area contributed by atoms with Crippen LogP contribution >= 0.6 is 11.6 Å². The third-order valence-electron chi connectivity index (χ3n) is 2.48. The van der Waals surface area contributed by atoms with Crippen LogP contribution in [0.1, 0.15) is 11.3 Å². The molecule has 0 aliphatic heterocycles. The SMILES string of the molecule is NCc1cccn1Cc1cc(F)ccc1Cl. The maximum absolute atomic E-state index is 13.1. The van der Waals surface area contributed by atoms with E-state index in [-0.39, 0.29) is 5.82 Å². The zero-order valence-corrected chi connectivity index (χ0v) is 9.41. The highest BCUT2D eigenvalue weighted by Crippen LogP contribution is 2.19. The summed E-state index contributed by atoms with van der Waals surface area (Å²) in [6.45, 7) is 0.996. The minimum absolute atomic E-state index is 0.277. The molecule has 0 saturated heterocycles. The van der Waals surface area contributed by atoms with Gasteiger partial charge < -0.3 is 10.3 Å². The molecule has 2 rings (SSSR count). The number of benzene rings is 1. The predicted molar refractivity (Wildman–Crippen MR) is 62.8 cm³/mol. The fourth-order valence-corrected chi connectivity index (χ4v) is 1.81. The van der Waals surface area contributed by atoms with E-state index in [1.165, 1.54) is 12.1 Å². The van der Waals surface area contributed by atoms with Crippen molar-refractivity contribution >= 4 is 11.6 Å². The maximum Gasteiger partial charge on any atom is 0.123 e. The third-order valence-corrected chi connectivity index (χ3v) is 2.85. The standard InChI is InChI=1S/C12H12ClFN2/c13-12-4-3-10(14)6-9(12)8-16-5-1-2-11(16)7-15/h1-6H,7-8,15H2. The highest BCUT2D eigenvalue weighted by atomic mass is 35.5. The number of rotatable bonds is 3. The molecular weight excluding hydrogens is 227 g/mol. The van der Waals surface area contributed by atoms with Gasteiger partial charge in [0, 0.05) is 30.0 Å². The smallest absolute Gasteiger partial charge is 0.123 e. The minimum atomic E-state index is -0.277. The quantitative estimate of drug-likeness (QED) is 0.876. The summed E-state index contributed by atoms with van der Waals surface area (Å²) in [5, 5.41) is 0.568. The third kappa shape index (κ3) is 2.26. The molecule has 0 aliphatic carbocycles. The Hall–Kier alpha value is -1.32. The Morgan fingerprint density at radius 3 is 2.88 bits per heavy atom. The predicted octanol–water partition coefficient (Wildman–Crippen LogP) is 2.79. The average Bonchev–Trinajstić information content (AvgIpc) is 2.71. The minimum Gasteiger partial charge on any atom is -0.346 e. The molecule has 0 fully saturated rings. The summed E-state index contributed by atoms with van der Waals surface area (Å²) in [6, 6.07) is 8.22. The summed E-state index contributed by atoms with van der Waals surface area (Å²) >= 11 is 6.00. The molecule has 0 radical (unpaired) electrons. The van der Waals surface area contributed by atoms with Crippen LogP contribution in [0.15, 0.2) is 36.5 Å². The van der Waals surface area contributed by atoms with Crippen molar-refractivity contribution in [2.24, 2.45) is 5.73 Å². The lowest BCUT2D eigenvalue weighted by Crippen LogP contribution is -2.07. The Kier molecular flexibility index (Phi) is 3.27. The van der Waals surface area contributed by atoms with Crippen molar-refractivity contribution in [3.8, 4) is 0 Å². The van der Waals surface area contributed by atoms with Crippen molar-refractivity contribution in [2.45, 2.75) is 13.1 Å². The van der Waals surface area contributed by atoms with Crippen LogP contribution in [-0.4, -0.2) is 4.57 Å². The lowest BCUT2D eigenvalue weighted by molar-refractivity contribution is 0.622. The van der Waals surface area contributed by atoms with Crippen LogP contribution in [-0.2, 0) is 13.1 Å². The summed E-state index contributed by atoms with van der Waals surface area (Å²) in [5.74, 6) is -0.277. The fraction of sp³-hybridized carbons (Fsp3) is 0.167. The molecule has 2 aromatic rings. The molecule has 0 saturated carbocycles. The Balaban J connectivity index is 2.30. The summed E-state index contributed by atoms with van der Waals surface area (Å²) in [5.41, 5.74) is 7.35. The van der Waals surface area contributed by atoms with E-state index in [4.69, 9.17) is 17.3 Å². The molecule has 16 heavy (non-hydrogen) atoms. The molecule has 0 amide bonds. The normalized spacial score (nSPS) is 10.7. The molecule has 2 nitrogen and oxygen atoms in total. The van der Waals surface area contributed by atoms with Crippen molar-refractivity contribution in [1.82, 2.24) is 4.57 Å². The van der Waals surface area contributed by atoms with Gasteiger partial charge in [0.05, 0.1) is 0 Å². The summed E-state index contributed by atoms with van der Waals surface area (Å²) in [7, 11) is 0. The zero-order chi connectivity index (χ0) is 11.5. The van der Waals surface area contributed by atoms with Gasteiger partial charge in [-0.25, -0.2) is 4.39 Å². The van der Waals surface area contributed by atoms with E-state index in [9.17, 15) is 4.39 Å². The van der Waals surface area contributed by atoms with Crippen LogP contribution in [0, 0.1) is 5.82 Å². The van der Waals surface area contributed by atoms with Crippen LogP contribution < -0.4 is 5.73 Å². The van der Waals surface area contributed by atoms with Gasteiger partial charge in [-0.15, -0.1) is 0 Å². The van der Waals surface area contributed by atoms with Crippen molar-refractivity contribution < 1.29 is 4.39 Å². The van der Waals surface area contributed by atoms with Gasteiger partial charge in [-0.05, 0) is 35.9 Å². The lowest BCUT2D eigenvalue weighted by atomic mass is 10.2. The van der Waals surface area contributed by atoms with Gasteiger partial charge in [0.15, 0.2) is 0 Å². The van der Waals surface area contributed by atoms with E-state index in [1.54, 1.807) is 6.07 Å². The number of hydrogen-bond acceptors (Lipinski definition) is 1. The first-order valence-electron chi connectivity index (χ1n) is 4.98. The van der Waals surface area contributed by atoms with E-state index >= 15 is 0 Å². The molecule has 0 aliphatic rings. The van der Waals surface area contributed by atoms with E-state index in [2.05, 4.69) is 0 Å². The number of aromatic nitrogens is 1. The van der Waals surface area contributed by atoms with E-state index in [0.717, 1.165) is 11.3 Å². The zero-order valence-electron chi connectivity index (χ0n) is 8.66. The van der Waals surface area contributed by atoms with Gasteiger partial charge in [-0.1, -0.05) is 11.6 Å². The number of nitrogens with zero attached hydrogens (tertiary/aromatic N) is 1. The first-order valence-corrected chi connectivity index (χ1v) is 5.36. The average molecular weight is 239 g/mol. The Bertz CT molecular complexity index is 494. The van der Waals surface area contributed by atoms with Crippen molar-refractivity contribution in [1.29, 1.82) is 0 Å². The van der Waals surface area contributed by atoms with Crippen LogP contribution in [0.4, 0.5) is 4.39 Å². The molecule has 2 N–H and O–H groups in total. The van der Waals surface area contributed by atoms with E-state index in [1.807, 2.05) is 22.9 Å². The Labute approximate surface area is 98.4 Å². The fourth-order valence-electron chi connectivity index (χ4n) is 1.64. The first-order chi connectivity index (χ1) is 7.70. The summed E-state index contributed by atoms with van der Waals surface area (Å²) in [6.07, 6.45) is 1.91. The summed E-state index contributed by atoms with van der Waals surface area (Å²) in [4.78, 5) is 0. The van der Waals surface area contributed by atoms with E-state index < -0.39 is 0 Å². The largest absolute Gasteiger partial charge is 0.346 e. The Morgan fingerprint density at radius 2 is 2.12 bits per heavy atom. The first kappa shape index (κ1) is 11.2. The second kappa shape index (κ2) is 4.68. The van der Waals surface area contributed by atoms with Crippen LogP contribution in [0.25, 0.3) is 0 Å². The topological polar surface area (TPSA) is 30.9 Å². The van der Waals surface area contributed by atoms with Gasteiger partial charge in [-0.3, -0.25) is 0 Å². The Morgan fingerprint density at radius 1 is 1.31 bits per heavy atom. The van der Waals surface area contributed by atoms with Crippen LogP contribution in [0.3, 0.4) is 0 Å². The summed E-state index contributed by atoms with van der Waals surface area (Å²) < 4.78 is 15.0. The van der Waals surface area contributed by atoms with Gasteiger partial charge in [0.25, 0.3) is 0 Å². The highest BCUT2D eigenvalue weighted by molar-refractivity contribution is 6.31. The molecule has 1 aromatic heterocycles. The van der Waals surface area contributed by atoms with Gasteiger partial charge in [-0.2, -0.15) is 0 Å². The molecule has 0 unspecified atom stereocenters. The molecule has 0 atom stereocenters. The van der Waals surface area contributed by atoms with Crippen LogP contribution in [0.5, 0.6) is 0 Å². The molecule has 0 bridgehead atoms. The second-order valence-corrected chi connectivity index (χ2v) is 3.97. The van der Waals surface area contributed by atoms with Gasteiger partial charge in [0.1, 0.15) is 5.82 Å². The molecule has 4 heteroatoms. The number of halogens is 2. The van der Waals surface area contributed by atoms with Gasteiger partial charge in [0.2, 0.25) is 0 Å². The molecule has 1 aromatic carbocycles. The van der Waals surface area contributed by atoms with Gasteiger partial charge >= 0.3 is 0 Å². The lowest BCUT2D eigenvalue weighted by Gasteiger charge is -2.09. The van der Waals surface area contributed by atoms with Crippen molar-refractivity contribution in [2.75, 3.05) is 0 Å². The molecule has 1 heterocycles. The maximum atomic E-state index is 13.1. The van der Waals surface area contributed by atoms with E-state index in [0.29, 0.717) is 18.1 Å². The van der Waals surface area contributed by atoms with Crippen molar-refractivity contribution in [3.63, 3.8) is 0 Å². The molecule has 0 spiro atoms. The number of nitrogens with two attached hydrogens (primary N) is 1.